The van der Waals surface area contributed by atoms with Crippen molar-refractivity contribution >= 4 is 28.3 Å². The molecule has 0 saturated carbocycles. The number of hydrogen-bond acceptors (Lipinski definition) is 2. The fraction of sp³-hybridized carbons (Fsp3) is 0.0769. The highest BCUT2D eigenvalue weighted by Gasteiger charge is 2.44. The molecule has 29 heavy (non-hydrogen) atoms. The second-order valence-electron chi connectivity index (χ2n) is 7.16. The normalized spacial score (nSPS) is 17.2. The molecular weight excluding hydrogens is 469 g/mol. The van der Waals surface area contributed by atoms with Crippen LogP contribution in [0.15, 0.2) is 109 Å². The van der Waals surface area contributed by atoms with Crippen LogP contribution < -0.4 is 5.32 Å². The molecule has 0 aromatic heterocycles. The molecule has 3 heteroatoms. The van der Waals surface area contributed by atoms with Crippen molar-refractivity contribution in [1.82, 2.24) is 0 Å². The van der Waals surface area contributed by atoms with Crippen LogP contribution in [0.2, 0.25) is 0 Å². The van der Waals surface area contributed by atoms with Crippen LogP contribution in [-0.4, -0.2) is 0 Å². The first-order chi connectivity index (χ1) is 14.3. The Bertz CT molecular complexity index is 1090. The molecule has 0 radical (unpaired) electrons. The minimum Gasteiger partial charge on any atom is -0.356 e. The third kappa shape index (κ3) is 3.24. The number of para-hydroxylation sites is 1. The molecule has 0 bridgehead atoms. The van der Waals surface area contributed by atoms with Crippen molar-refractivity contribution in [2.24, 2.45) is 0 Å². The van der Waals surface area contributed by atoms with Gasteiger partial charge in [-0.3, -0.25) is 0 Å². The molecule has 2 nitrogen and oxygen atoms in total. The predicted molar refractivity (Wildman–Crippen MR) is 126 cm³/mol. The highest BCUT2D eigenvalue weighted by Crippen LogP contribution is 2.49. The molecule has 1 N–H and O–H groups in total. The van der Waals surface area contributed by atoms with Crippen molar-refractivity contribution in [2.75, 3.05) is 5.32 Å². The topological polar surface area (TPSA) is 21.3 Å². The number of ether oxygens (including phenoxy) is 1. The quantitative estimate of drug-likeness (QED) is 0.323. The molecule has 142 valence electrons. The van der Waals surface area contributed by atoms with Gasteiger partial charge in [0.25, 0.3) is 0 Å². The molecule has 0 saturated heterocycles. The van der Waals surface area contributed by atoms with E-state index in [2.05, 4.69) is 125 Å². The van der Waals surface area contributed by atoms with Crippen LogP contribution in [0.25, 0.3) is 0 Å². The highest BCUT2D eigenvalue weighted by molar-refractivity contribution is 14.1. The molecule has 0 aliphatic carbocycles. The molecule has 4 aromatic rings. The molecule has 5 rings (SSSR count). The Morgan fingerprint density at radius 1 is 0.690 bits per heavy atom. The van der Waals surface area contributed by atoms with E-state index in [0.29, 0.717) is 0 Å². The average molecular weight is 489 g/mol. The molecule has 1 aliphatic rings. The summed E-state index contributed by atoms with van der Waals surface area (Å²) in [5, 5.41) is 3.61. The van der Waals surface area contributed by atoms with Crippen LogP contribution in [0.5, 0.6) is 0 Å². The molecule has 1 heterocycles. The van der Waals surface area contributed by atoms with Gasteiger partial charge in [-0.25, -0.2) is 0 Å². The SMILES string of the molecule is Ic1cccc([C@@H]2Nc3ccccc3C(c3ccccc3)(c3ccccc3)O2)c1. The van der Waals surface area contributed by atoms with Crippen LogP contribution >= 0.6 is 22.6 Å². The van der Waals surface area contributed by atoms with Gasteiger partial charge in [0.1, 0.15) is 5.60 Å². The minimum atomic E-state index is -0.698. The second-order valence-corrected chi connectivity index (χ2v) is 8.40. The first-order valence-electron chi connectivity index (χ1n) is 9.68. The Hall–Kier alpha value is -2.63. The number of hydrogen-bond donors (Lipinski definition) is 1. The van der Waals surface area contributed by atoms with Crippen LogP contribution in [0, 0.1) is 3.57 Å². The number of benzene rings is 4. The van der Waals surface area contributed by atoms with E-state index < -0.39 is 5.60 Å². The lowest BCUT2D eigenvalue weighted by Gasteiger charge is -2.44. The van der Waals surface area contributed by atoms with E-state index >= 15 is 0 Å². The largest absolute Gasteiger partial charge is 0.356 e. The Labute approximate surface area is 184 Å². The van der Waals surface area contributed by atoms with Crippen LogP contribution in [0.4, 0.5) is 5.69 Å². The molecule has 1 atom stereocenters. The first-order valence-corrected chi connectivity index (χ1v) is 10.8. The molecule has 4 aromatic carbocycles. The summed E-state index contributed by atoms with van der Waals surface area (Å²) in [7, 11) is 0. The zero-order valence-corrected chi connectivity index (χ0v) is 17.9. The third-order valence-electron chi connectivity index (χ3n) is 5.40. The summed E-state index contributed by atoms with van der Waals surface area (Å²) in [5.41, 5.74) is 4.87. The summed E-state index contributed by atoms with van der Waals surface area (Å²) in [5.74, 6) is 0. The van der Waals surface area contributed by atoms with Gasteiger partial charge in [-0.1, -0.05) is 91.0 Å². The van der Waals surface area contributed by atoms with E-state index in [1.807, 2.05) is 12.1 Å². The van der Waals surface area contributed by atoms with Crippen molar-refractivity contribution < 1.29 is 4.74 Å². The van der Waals surface area contributed by atoms with Gasteiger partial charge >= 0.3 is 0 Å². The smallest absolute Gasteiger partial charge is 0.156 e. The Morgan fingerprint density at radius 3 is 1.97 bits per heavy atom. The number of fused-ring (bicyclic) bond motifs is 1. The lowest BCUT2D eigenvalue weighted by molar-refractivity contribution is -0.0432. The van der Waals surface area contributed by atoms with Crippen LogP contribution in [-0.2, 0) is 10.3 Å². The predicted octanol–water partition coefficient (Wildman–Crippen LogP) is 6.72. The molecule has 1 aliphatic heterocycles. The zero-order valence-electron chi connectivity index (χ0n) is 15.8. The molecule has 0 unspecified atom stereocenters. The lowest BCUT2D eigenvalue weighted by atomic mass is 9.78. The van der Waals surface area contributed by atoms with Crippen LogP contribution in [0.1, 0.15) is 28.5 Å². The maximum Gasteiger partial charge on any atom is 0.156 e. The van der Waals surface area contributed by atoms with Crippen molar-refractivity contribution in [3.63, 3.8) is 0 Å². The maximum atomic E-state index is 7.00. The van der Waals surface area contributed by atoms with E-state index in [1.54, 1.807) is 0 Å². The summed E-state index contributed by atoms with van der Waals surface area (Å²) in [4.78, 5) is 0. The van der Waals surface area contributed by atoms with Crippen molar-refractivity contribution in [3.05, 3.63) is 135 Å². The average Bonchev–Trinajstić information content (AvgIpc) is 2.79. The summed E-state index contributed by atoms with van der Waals surface area (Å²) in [6.45, 7) is 0. The van der Waals surface area contributed by atoms with Gasteiger partial charge < -0.3 is 10.1 Å². The summed E-state index contributed by atoms with van der Waals surface area (Å²) < 4.78 is 8.19. The van der Waals surface area contributed by atoms with Crippen molar-refractivity contribution in [2.45, 2.75) is 11.8 Å². The second kappa shape index (κ2) is 7.65. The van der Waals surface area contributed by atoms with Gasteiger partial charge in [-0.15, -0.1) is 0 Å². The fourth-order valence-corrected chi connectivity index (χ4v) is 4.67. The monoisotopic (exact) mass is 489 g/mol. The van der Waals surface area contributed by atoms with E-state index in [-0.39, 0.29) is 6.23 Å². The zero-order chi connectivity index (χ0) is 19.7. The molecule has 0 amide bonds. The first kappa shape index (κ1) is 18.4. The summed E-state index contributed by atoms with van der Waals surface area (Å²) >= 11 is 2.35. The number of anilines is 1. The van der Waals surface area contributed by atoms with Crippen molar-refractivity contribution in [1.29, 1.82) is 0 Å². The number of halogens is 1. The summed E-state index contributed by atoms with van der Waals surface area (Å²) in [6.07, 6.45) is -0.264. The van der Waals surface area contributed by atoms with E-state index in [0.717, 1.165) is 27.9 Å². The standard InChI is InChI=1S/C26H20INO/c27-22-15-9-10-19(18-22)25-28-24-17-8-7-16-23(24)26(29-25,20-11-3-1-4-12-20)21-13-5-2-6-14-21/h1-18,25,28H/t25-/m1/s1. The van der Waals surface area contributed by atoms with Gasteiger partial charge in [-0.2, -0.15) is 0 Å². The van der Waals surface area contributed by atoms with Gasteiger partial charge in [0.05, 0.1) is 0 Å². The Kier molecular flexibility index (Phi) is 4.86. The van der Waals surface area contributed by atoms with Crippen molar-refractivity contribution in [3.8, 4) is 0 Å². The molecule has 0 fully saturated rings. The lowest BCUT2D eigenvalue weighted by Crippen LogP contribution is -2.40. The minimum absolute atomic E-state index is 0.264. The highest BCUT2D eigenvalue weighted by atomic mass is 127. The van der Waals surface area contributed by atoms with Gasteiger partial charge in [0.15, 0.2) is 6.23 Å². The van der Waals surface area contributed by atoms with E-state index in [1.165, 1.54) is 3.57 Å². The number of rotatable bonds is 3. The van der Waals surface area contributed by atoms with E-state index in [9.17, 15) is 0 Å². The molecule has 0 spiro atoms. The fourth-order valence-electron chi connectivity index (χ4n) is 4.11. The third-order valence-corrected chi connectivity index (χ3v) is 6.07. The molecular formula is C26H20INO. The maximum absolute atomic E-state index is 7.00. The van der Waals surface area contributed by atoms with Gasteiger partial charge in [0.2, 0.25) is 0 Å². The van der Waals surface area contributed by atoms with Crippen LogP contribution in [0.3, 0.4) is 0 Å². The van der Waals surface area contributed by atoms with E-state index in [4.69, 9.17) is 4.74 Å². The summed E-state index contributed by atoms with van der Waals surface area (Å²) in [6, 6.07) is 37.9. The Morgan fingerprint density at radius 2 is 1.31 bits per heavy atom. The Balaban J connectivity index is 1.78. The number of nitrogens with one attached hydrogen (secondary N) is 1. The van der Waals surface area contributed by atoms with Gasteiger partial charge in [-0.05, 0) is 51.9 Å². The van der Waals surface area contributed by atoms with Gasteiger partial charge in [0, 0.05) is 20.4 Å².